The summed E-state index contributed by atoms with van der Waals surface area (Å²) in [6.07, 6.45) is 3.99. The van der Waals surface area contributed by atoms with E-state index in [2.05, 4.69) is 35.9 Å². The number of phenolic OH excluding ortho intramolecular Hbond substituents is 1. The SMILES string of the molecule is C=C1CC(CC)CCC1(NC(=O)c1cc(-c2c(O)cccc2OC)n(-c2c#cc(C(=O)N(CCCN)CCCN(C)C)cc2C(C)C)n1)C(=O)OC(C)(C)C. The molecule has 0 saturated heterocycles. The second-order valence-corrected chi connectivity index (χ2v) is 16.0. The molecular weight excluding hydrogens is 697 g/mol. The van der Waals surface area contributed by atoms with E-state index in [-0.39, 0.29) is 23.3 Å². The highest BCUT2D eigenvalue weighted by molar-refractivity contribution is 5.99. The number of hydrogen-bond donors (Lipinski definition) is 3. The third-order valence-electron chi connectivity index (χ3n) is 10.0. The standard InChI is InChI=1S/C43H60N6O6/c1-11-30-19-20-43(29(4)25-30,41(53)55-42(5,6)7)45-39(51)33-27-35(38-36(50)15-12-16-37(38)54-10)49(46-33)34-18-17-31(26-32(34)28(2)3)40(52)48(23-13-21-44)24-14-22-47(8)9/h12,15-16,26-28,30,50H,4,11,13-14,19-25,44H2,1-3,5-10H3,(H,45,51). The summed E-state index contributed by atoms with van der Waals surface area (Å²) < 4.78 is 13.1. The number of carbonyl (C=O) groups is 3. The number of aromatic hydroxyl groups is 1. The van der Waals surface area contributed by atoms with Gasteiger partial charge in [0.2, 0.25) is 0 Å². The average Bonchev–Trinajstić information content (AvgIpc) is 3.57. The minimum Gasteiger partial charge on any atom is -0.507 e. The number of nitrogens with zero attached hydrogens (tertiary/aromatic N) is 4. The summed E-state index contributed by atoms with van der Waals surface area (Å²) in [5.74, 6) is -0.897. The average molecular weight is 757 g/mol. The van der Waals surface area contributed by atoms with Gasteiger partial charge in [-0.25, -0.2) is 9.48 Å². The molecule has 1 saturated carbocycles. The number of benzene rings is 1. The zero-order valence-corrected chi connectivity index (χ0v) is 34.2. The molecular formula is C43H60N6O6. The molecule has 2 atom stereocenters. The van der Waals surface area contributed by atoms with Crippen molar-refractivity contribution < 1.29 is 29.0 Å². The summed E-state index contributed by atoms with van der Waals surface area (Å²) in [6, 6.07) is 14.5. The molecule has 4 rings (SSSR count). The molecule has 2 unspecified atom stereocenters. The van der Waals surface area contributed by atoms with Gasteiger partial charge in [-0.1, -0.05) is 45.9 Å². The van der Waals surface area contributed by atoms with Crippen LogP contribution in [0.4, 0.5) is 0 Å². The molecule has 12 heteroatoms. The van der Waals surface area contributed by atoms with Crippen LogP contribution in [0.5, 0.6) is 11.5 Å². The first kappa shape index (κ1) is 42.9. The topological polar surface area (TPSA) is 152 Å². The first-order valence-corrected chi connectivity index (χ1v) is 19.3. The molecule has 1 fully saturated rings. The van der Waals surface area contributed by atoms with E-state index >= 15 is 0 Å². The third-order valence-corrected chi connectivity index (χ3v) is 10.0. The minimum atomic E-state index is -1.46. The lowest BCUT2D eigenvalue weighted by Gasteiger charge is -2.41. The van der Waals surface area contributed by atoms with E-state index in [1.165, 1.54) is 17.9 Å². The number of nitrogens with one attached hydrogen (secondary N) is 1. The van der Waals surface area contributed by atoms with Gasteiger partial charge in [0.05, 0.1) is 23.9 Å². The van der Waals surface area contributed by atoms with Crippen LogP contribution in [-0.4, -0.2) is 101 Å². The maximum absolute atomic E-state index is 14.4. The van der Waals surface area contributed by atoms with E-state index in [4.69, 9.17) is 20.3 Å². The number of esters is 1. The number of amides is 2. The Morgan fingerprint density at radius 3 is 2.45 bits per heavy atom. The number of phenols is 1. The van der Waals surface area contributed by atoms with Crippen LogP contribution < -0.4 is 15.8 Å². The van der Waals surface area contributed by atoms with Crippen molar-refractivity contribution >= 4 is 17.8 Å². The van der Waals surface area contributed by atoms with Gasteiger partial charge in [0.15, 0.2) is 11.2 Å². The van der Waals surface area contributed by atoms with Crippen molar-refractivity contribution in [3.05, 3.63) is 71.4 Å². The number of carbonyl (C=O) groups excluding carboxylic acids is 3. The Labute approximate surface area is 327 Å². The molecule has 2 amide bonds. The molecule has 1 aliphatic rings. The molecule has 4 N–H and O–H groups in total. The maximum atomic E-state index is 14.4. The summed E-state index contributed by atoms with van der Waals surface area (Å²) in [6.45, 7) is 18.1. The lowest BCUT2D eigenvalue weighted by atomic mass is 9.72. The lowest BCUT2D eigenvalue weighted by molar-refractivity contribution is -0.162. The van der Waals surface area contributed by atoms with Gasteiger partial charge in [0.1, 0.15) is 22.8 Å². The molecule has 1 aromatic heterocycles. The monoisotopic (exact) mass is 756 g/mol. The fourth-order valence-electron chi connectivity index (χ4n) is 6.96. The fraction of sp³-hybridized carbons (Fsp3) is 0.535. The van der Waals surface area contributed by atoms with Crippen LogP contribution >= 0.6 is 0 Å². The van der Waals surface area contributed by atoms with E-state index in [0.717, 1.165) is 24.9 Å². The number of methoxy groups -OCH3 is 1. The largest absolute Gasteiger partial charge is 0.507 e. The minimum absolute atomic E-state index is 0.0224. The van der Waals surface area contributed by atoms with E-state index in [1.54, 1.807) is 49.9 Å². The van der Waals surface area contributed by atoms with Crippen LogP contribution in [0.2, 0.25) is 0 Å². The molecule has 55 heavy (non-hydrogen) atoms. The molecule has 2 aromatic carbocycles. The van der Waals surface area contributed by atoms with Crippen molar-refractivity contribution in [3.63, 3.8) is 0 Å². The number of rotatable bonds is 16. The molecule has 1 aliphatic carbocycles. The van der Waals surface area contributed by atoms with Crippen LogP contribution in [0.15, 0.2) is 42.5 Å². The van der Waals surface area contributed by atoms with Gasteiger partial charge in [-0.05, 0) is 133 Å². The van der Waals surface area contributed by atoms with Crippen molar-refractivity contribution in [2.75, 3.05) is 47.4 Å². The van der Waals surface area contributed by atoms with Crippen molar-refractivity contribution in [3.8, 4) is 28.4 Å². The Balaban J connectivity index is 1.85. The summed E-state index contributed by atoms with van der Waals surface area (Å²) in [5, 5.41) is 19.0. The lowest BCUT2D eigenvalue weighted by Crippen LogP contribution is -2.59. The highest BCUT2D eigenvalue weighted by Crippen LogP contribution is 2.41. The van der Waals surface area contributed by atoms with Crippen molar-refractivity contribution in [2.24, 2.45) is 11.7 Å². The number of nitrogens with two attached hydrogens (primary N) is 1. The van der Waals surface area contributed by atoms with Gasteiger partial charge in [-0.15, -0.1) is 0 Å². The molecule has 0 radical (unpaired) electrons. The molecule has 0 aliphatic heterocycles. The normalized spacial score (nSPS) is 17.2. The van der Waals surface area contributed by atoms with Gasteiger partial charge >= 0.3 is 5.97 Å². The molecule has 1 heterocycles. The first-order valence-electron chi connectivity index (χ1n) is 19.3. The van der Waals surface area contributed by atoms with Crippen LogP contribution in [0.3, 0.4) is 0 Å². The van der Waals surface area contributed by atoms with Crippen LogP contribution in [0.25, 0.3) is 16.9 Å². The summed E-state index contributed by atoms with van der Waals surface area (Å²) in [7, 11) is 5.49. The highest BCUT2D eigenvalue weighted by Gasteiger charge is 2.48. The van der Waals surface area contributed by atoms with Gasteiger partial charge in [-0.3, -0.25) is 9.59 Å². The fourth-order valence-corrected chi connectivity index (χ4v) is 6.96. The molecule has 298 valence electrons. The van der Waals surface area contributed by atoms with E-state index in [1.807, 2.05) is 27.9 Å². The van der Waals surface area contributed by atoms with Crippen LogP contribution in [-0.2, 0) is 9.53 Å². The van der Waals surface area contributed by atoms with Crippen molar-refractivity contribution in [1.29, 1.82) is 0 Å². The maximum Gasteiger partial charge on any atom is 0.336 e. The van der Waals surface area contributed by atoms with E-state index in [0.29, 0.717) is 85.1 Å². The van der Waals surface area contributed by atoms with Crippen LogP contribution in [0.1, 0.15) is 112 Å². The predicted octanol–water partition coefficient (Wildman–Crippen LogP) is 6.30. The number of aromatic nitrogens is 2. The van der Waals surface area contributed by atoms with Crippen molar-refractivity contribution in [1.82, 2.24) is 24.9 Å². The van der Waals surface area contributed by atoms with Gasteiger partial charge in [0.25, 0.3) is 11.8 Å². The Kier molecular flexibility index (Phi) is 14.2. The summed E-state index contributed by atoms with van der Waals surface area (Å²) >= 11 is 0. The summed E-state index contributed by atoms with van der Waals surface area (Å²) in [5.41, 5.74) is 6.26. The Hall–Kier alpha value is -4.86. The third kappa shape index (κ3) is 10.1. The van der Waals surface area contributed by atoms with Gasteiger partial charge in [0, 0.05) is 13.1 Å². The van der Waals surface area contributed by atoms with E-state index < -0.39 is 23.0 Å². The highest BCUT2D eigenvalue weighted by atomic mass is 16.6. The number of hydrogen-bond acceptors (Lipinski definition) is 9. The molecule has 3 aromatic rings. The van der Waals surface area contributed by atoms with Gasteiger partial charge < -0.3 is 35.4 Å². The molecule has 0 bridgehead atoms. The van der Waals surface area contributed by atoms with E-state index in [9.17, 15) is 19.5 Å². The Morgan fingerprint density at radius 1 is 1.15 bits per heavy atom. The predicted molar refractivity (Wildman–Crippen MR) is 215 cm³/mol. The van der Waals surface area contributed by atoms with Crippen molar-refractivity contribution in [2.45, 2.75) is 97.1 Å². The molecule has 0 spiro atoms. The quantitative estimate of drug-likeness (QED) is 0.113. The Bertz CT molecular complexity index is 1840. The van der Waals surface area contributed by atoms with Gasteiger partial charge in [-0.2, -0.15) is 5.10 Å². The first-order chi connectivity index (χ1) is 26.0. The second-order valence-electron chi connectivity index (χ2n) is 16.0. The number of ether oxygens (including phenoxy) is 2. The van der Waals surface area contributed by atoms with Crippen LogP contribution in [0, 0.1) is 18.1 Å². The zero-order valence-electron chi connectivity index (χ0n) is 34.2. The summed E-state index contributed by atoms with van der Waals surface area (Å²) in [4.78, 5) is 46.1. The smallest absolute Gasteiger partial charge is 0.336 e. The second kappa shape index (κ2) is 18.2. The Morgan fingerprint density at radius 2 is 1.85 bits per heavy atom. The molecule has 12 nitrogen and oxygen atoms in total. The zero-order chi connectivity index (χ0) is 40.7.